The monoisotopic (exact) mass is 196 g/mol. The second-order valence-corrected chi connectivity index (χ2v) is 3.17. The molecule has 0 bridgehead atoms. The van der Waals surface area contributed by atoms with Gasteiger partial charge in [0.15, 0.2) is 5.69 Å². The van der Waals surface area contributed by atoms with Crippen molar-refractivity contribution in [1.82, 2.24) is 20.1 Å². The van der Waals surface area contributed by atoms with Crippen molar-refractivity contribution in [2.24, 2.45) is 7.05 Å². The summed E-state index contributed by atoms with van der Waals surface area (Å²) in [6.07, 6.45) is 3.43. The van der Waals surface area contributed by atoms with Gasteiger partial charge >= 0.3 is 0 Å². The molecule has 6 nitrogen and oxygen atoms in total. The van der Waals surface area contributed by atoms with E-state index in [4.69, 9.17) is 4.84 Å². The third kappa shape index (κ3) is 1.74. The molecule has 1 fully saturated rings. The number of carbonyl (C=O) groups is 1. The average molecular weight is 196 g/mol. The molecule has 0 unspecified atom stereocenters. The highest BCUT2D eigenvalue weighted by Gasteiger charge is 2.21. The van der Waals surface area contributed by atoms with Crippen molar-refractivity contribution in [3.05, 3.63) is 11.9 Å². The first-order valence-electron chi connectivity index (χ1n) is 4.58. The van der Waals surface area contributed by atoms with Gasteiger partial charge in [-0.2, -0.15) is 9.90 Å². The number of aryl methyl sites for hydroxylation is 1. The molecular weight excluding hydrogens is 184 g/mol. The van der Waals surface area contributed by atoms with Crippen LogP contribution < -0.4 is 0 Å². The molecule has 0 spiro atoms. The smallest absolute Gasteiger partial charge is 0.271 e. The second-order valence-electron chi connectivity index (χ2n) is 3.17. The Morgan fingerprint density at radius 2 is 2.43 bits per heavy atom. The molecule has 1 saturated heterocycles. The number of nitrogens with zero attached hydrogens (tertiary/aromatic N) is 4. The van der Waals surface area contributed by atoms with Crippen LogP contribution in [0.2, 0.25) is 0 Å². The first-order chi connectivity index (χ1) is 6.77. The summed E-state index contributed by atoms with van der Waals surface area (Å²) in [5, 5.41) is 9.11. The summed E-state index contributed by atoms with van der Waals surface area (Å²) in [6.45, 7) is 1.24. The topological polar surface area (TPSA) is 60.2 Å². The summed E-state index contributed by atoms with van der Waals surface area (Å²) in [4.78, 5) is 18.3. The van der Waals surface area contributed by atoms with Gasteiger partial charge in [-0.15, -0.1) is 5.10 Å². The molecule has 6 heteroatoms. The number of carbonyl (C=O) groups excluding carboxylic acids is 1. The van der Waals surface area contributed by atoms with Gasteiger partial charge in [-0.1, -0.05) is 0 Å². The number of hydroxylamine groups is 2. The highest BCUT2D eigenvalue weighted by molar-refractivity contribution is 5.91. The van der Waals surface area contributed by atoms with E-state index in [-0.39, 0.29) is 5.91 Å². The van der Waals surface area contributed by atoms with Gasteiger partial charge in [-0.05, 0) is 12.8 Å². The number of hydrogen-bond acceptors (Lipinski definition) is 4. The van der Waals surface area contributed by atoms with Crippen LogP contribution in [0.1, 0.15) is 23.3 Å². The van der Waals surface area contributed by atoms with E-state index in [1.54, 1.807) is 7.05 Å². The maximum Gasteiger partial charge on any atom is 0.299 e. The van der Waals surface area contributed by atoms with E-state index in [1.165, 1.54) is 16.1 Å². The molecule has 1 aliphatic rings. The lowest BCUT2D eigenvalue weighted by molar-refractivity contribution is -0.144. The molecule has 14 heavy (non-hydrogen) atoms. The molecule has 0 atom stereocenters. The SMILES string of the molecule is Cn1ncc(C(=O)N2CCCCO2)n1. The lowest BCUT2D eigenvalue weighted by Gasteiger charge is -2.24. The van der Waals surface area contributed by atoms with E-state index in [0.717, 1.165) is 12.8 Å². The molecule has 1 aromatic rings. The maximum atomic E-state index is 11.7. The Hall–Kier alpha value is -1.43. The fourth-order valence-corrected chi connectivity index (χ4v) is 1.33. The zero-order valence-electron chi connectivity index (χ0n) is 8.01. The van der Waals surface area contributed by atoms with Gasteiger partial charge < -0.3 is 0 Å². The van der Waals surface area contributed by atoms with Crippen molar-refractivity contribution < 1.29 is 9.63 Å². The molecule has 1 amide bonds. The van der Waals surface area contributed by atoms with Gasteiger partial charge in [0.1, 0.15) is 0 Å². The van der Waals surface area contributed by atoms with E-state index in [2.05, 4.69) is 10.2 Å². The van der Waals surface area contributed by atoms with Crippen LogP contribution in [-0.4, -0.2) is 39.1 Å². The van der Waals surface area contributed by atoms with E-state index >= 15 is 0 Å². The minimum Gasteiger partial charge on any atom is -0.271 e. The first kappa shape index (κ1) is 9.14. The summed E-state index contributed by atoms with van der Waals surface area (Å²) in [7, 11) is 1.67. The summed E-state index contributed by atoms with van der Waals surface area (Å²) < 4.78 is 0. The third-order valence-electron chi connectivity index (χ3n) is 2.05. The van der Waals surface area contributed by atoms with E-state index in [0.29, 0.717) is 18.8 Å². The highest BCUT2D eigenvalue weighted by Crippen LogP contribution is 2.09. The Kier molecular flexibility index (Phi) is 2.45. The van der Waals surface area contributed by atoms with Gasteiger partial charge in [-0.3, -0.25) is 9.63 Å². The van der Waals surface area contributed by atoms with Crippen molar-refractivity contribution in [2.75, 3.05) is 13.2 Å². The van der Waals surface area contributed by atoms with Crippen LogP contribution >= 0.6 is 0 Å². The first-order valence-corrected chi connectivity index (χ1v) is 4.58. The molecule has 2 heterocycles. The normalized spacial score (nSPS) is 17.1. The van der Waals surface area contributed by atoms with Crippen LogP contribution in [0.3, 0.4) is 0 Å². The van der Waals surface area contributed by atoms with Crippen molar-refractivity contribution in [2.45, 2.75) is 12.8 Å². The van der Waals surface area contributed by atoms with Gasteiger partial charge in [0.2, 0.25) is 0 Å². The molecule has 0 aromatic carbocycles. The highest BCUT2D eigenvalue weighted by atomic mass is 16.7. The van der Waals surface area contributed by atoms with E-state index in [1.807, 2.05) is 0 Å². The maximum absolute atomic E-state index is 11.7. The molecule has 0 radical (unpaired) electrons. The summed E-state index contributed by atoms with van der Waals surface area (Å²) in [5.41, 5.74) is 0.328. The van der Waals surface area contributed by atoms with Gasteiger partial charge in [0, 0.05) is 13.6 Å². The van der Waals surface area contributed by atoms with Gasteiger partial charge in [0.05, 0.1) is 12.8 Å². The predicted molar refractivity (Wildman–Crippen MR) is 47.2 cm³/mol. The Labute approximate surface area is 81.4 Å². The van der Waals surface area contributed by atoms with Crippen molar-refractivity contribution in [3.63, 3.8) is 0 Å². The zero-order valence-corrected chi connectivity index (χ0v) is 8.01. The molecule has 76 valence electrons. The number of aromatic nitrogens is 3. The zero-order chi connectivity index (χ0) is 9.97. The largest absolute Gasteiger partial charge is 0.299 e. The standard InChI is InChI=1S/C8H12N4O2/c1-11-9-6-7(10-11)8(13)12-4-2-3-5-14-12/h6H,2-5H2,1H3. The van der Waals surface area contributed by atoms with Crippen LogP contribution in [0.25, 0.3) is 0 Å². The minimum atomic E-state index is -0.210. The average Bonchev–Trinajstić information content (AvgIpc) is 2.65. The fourth-order valence-electron chi connectivity index (χ4n) is 1.33. The fraction of sp³-hybridized carbons (Fsp3) is 0.625. The quantitative estimate of drug-likeness (QED) is 0.633. The van der Waals surface area contributed by atoms with E-state index in [9.17, 15) is 4.79 Å². The van der Waals surface area contributed by atoms with Crippen LogP contribution in [0.4, 0.5) is 0 Å². The van der Waals surface area contributed by atoms with Crippen molar-refractivity contribution in [1.29, 1.82) is 0 Å². The van der Waals surface area contributed by atoms with Crippen molar-refractivity contribution in [3.8, 4) is 0 Å². The Balaban J connectivity index is 2.07. The minimum absolute atomic E-state index is 0.210. The predicted octanol–water partition coefficient (Wildman–Crippen LogP) is -0.0173. The van der Waals surface area contributed by atoms with Gasteiger partial charge in [0.25, 0.3) is 5.91 Å². The lowest BCUT2D eigenvalue weighted by Crippen LogP contribution is -2.36. The van der Waals surface area contributed by atoms with Crippen LogP contribution in [-0.2, 0) is 11.9 Å². The van der Waals surface area contributed by atoms with Crippen LogP contribution in [0.5, 0.6) is 0 Å². The molecule has 0 saturated carbocycles. The number of hydrogen-bond donors (Lipinski definition) is 0. The summed E-state index contributed by atoms with van der Waals surface area (Å²) in [6, 6.07) is 0. The Morgan fingerprint density at radius 3 is 3.00 bits per heavy atom. The Morgan fingerprint density at radius 1 is 1.57 bits per heavy atom. The molecule has 1 aliphatic heterocycles. The number of rotatable bonds is 1. The molecular formula is C8H12N4O2. The summed E-state index contributed by atoms with van der Waals surface area (Å²) in [5.74, 6) is -0.210. The van der Waals surface area contributed by atoms with Gasteiger partial charge in [-0.25, -0.2) is 5.06 Å². The summed E-state index contributed by atoms with van der Waals surface area (Å²) >= 11 is 0. The van der Waals surface area contributed by atoms with Crippen LogP contribution in [0, 0.1) is 0 Å². The molecule has 2 rings (SSSR count). The molecule has 0 N–H and O–H groups in total. The number of amides is 1. The lowest BCUT2D eigenvalue weighted by atomic mass is 10.3. The Bertz CT molecular complexity index is 330. The molecule has 0 aliphatic carbocycles. The molecule has 1 aromatic heterocycles. The third-order valence-corrected chi connectivity index (χ3v) is 2.05. The second kappa shape index (κ2) is 3.75. The van der Waals surface area contributed by atoms with Crippen LogP contribution in [0.15, 0.2) is 6.20 Å². The van der Waals surface area contributed by atoms with Crippen molar-refractivity contribution >= 4 is 5.91 Å². The van der Waals surface area contributed by atoms with E-state index < -0.39 is 0 Å².